The van der Waals surface area contributed by atoms with E-state index in [1.807, 2.05) is 24.3 Å². The second kappa shape index (κ2) is 4.14. The number of ether oxygens (including phenoxy) is 1. The normalized spacial score (nSPS) is 15.8. The average molecular weight is 241 g/mol. The van der Waals surface area contributed by atoms with Crippen LogP contribution < -0.4 is 4.74 Å². The van der Waals surface area contributed by atoms with Crippen LogP contribution in [0.25, 0.3) is 0 Å². The highest BCUT2D eigenvalue weighted by molar-refractivity contribution is 9.10. The number of hydrogen-bond donors (Lipinski definition) is 0. The molecule has 2 heteroatoms. The largest absolute Gasteiger partial charge is 0.492 e. The zero-order chi connectivity index (χ0) is 9.10. The summed E-state index contributed by atoms with van der Waals surface area (Å²) in [5.74, 6) is 1.91. The molecule has 1 nitrogen and oxygen atoms in total. The fourth-order valence-electron chi connectivity index (χ4n) is 1.30. The van der Waals surface area contributed by atoms with Crippen LogP contribution in [0, 0.1) is 5.92 Å². The molecule has 1 fully saturated rings. The molecule has 1 aromatic rings. The van der Waals surface area contributed by atoms with Gasteiger partial charge < -0.3 is 4.74 Å². The first kappa shape index (κ1) is 9.07. The fraction of sp³-hybridized carbons (Fsp3) is 0.455. The summed E-state index contributed by atoms with van der Waals surface area (Å²) in [4.78, 5) is 0. The molecule has 0 N–H and O–H groups in total. The van der Waals surface area contributed by atoms with Gasteiger partial charge in [-0.2, -0.15) is 0 Å². The molecule has 1 aliphatic rings. The molecule has 0 bridgehead atoms. The molecule has 2 rings (SSSR count). The fourth-order valence-corrected chi connectivity index (χ4v) is 1.70. The zero-order valence-corrected chi connectivity index (χ0v) is 9.09. The molecular formula is C11H13BrO. The van der Waals surface area contributed by atoms with Gasteiger partial charge in [-0.15, -0.1) is 0 Å². The summed E-state index contributed by atoms with van der Waals surface area (Å²) < 4.78 is 6.69. The lowest BCUT2D eigenvalue weighted by Crippen LogP contribution is -1.98. The van der Waals surface area contributed by atoms with Crippen molar-refractivity contribution >= 4 is 15.9 Å². The number of para-hydroxylation sites is 1. The van der Waals surface area contributed by atoms with Gasteiger partial charge in [0.05, 0.1) is 11.1 Å². The van der Waals surface area contributed by atoms with Crippen molar-refractivity contribution in [1.82, 2.24) is 0 Å². The first-order chi connectivity index (χ1) is 6.36. The van der Waals surface area contributed by atoms with Gasteiger partial charge in [-0.3, -0.25) is 0 Å². The van der Waals surface area contributed by atoms with Gasteiger partial charge in [0.15, 0.2) is 0 Å². The van der Waals surface area contributed by atoms with E-state index in [0.717, 1.165) is 22.7 Å². The maximum Gasteiger partial charge on any atom is 0.133 e. The van der Waals surface area contributed by atoms with Gasteiger partial charge in [0.2, 0.25) is 0 Å². The SMILES string of the molecule is Brc1ccccc1OCCC1CC1. The van der Waals surface area contributed by atoms with Crippen molar-refractivity contribution in [2.45, 2.75) is 19.3 Å². The predicted octanol–water partition coefficient (Wildman–Crippen LogP) is 3.63. The molecule has 0 unspecified atom stereocenters. The van der Waals surface area contributed by atoms with Crippen LogP contribution in [0.1, 0.15) is 19.3 Å². The number of rotatable bonds is 4. The monoisotopic (exact) mass is 240 g/mol. The molecule has 0 atom stereocenters. The van der Waals surface area contributed by atoms with Crippen molar-refractivity contribution in [2.75, 3.05) is 6.61 Å². The smallest absolute Gasteiger partial charge is 0.133 e. The Labute approximate surface area is 87.2 Å². The van der Waals surface area contributed by atoms with Crippen molar-refractivity contribution in [3.05, 3.63) is 28.7 Å². The van der Waals surface area contributed by atoms with Crippen LogP contribution in [0.5, 0.6) is 5.75 Å². The molecular weight excluding hydrogens is 228 g/mol. The minimum atomic E-state index is 0.854. The molecule has 0 spiro atoms. The van der Waals surface area contributed by atoms with Crippen molar-refractivity contribution in [1.29, 1.82) is 0 Å². The van der Waals surface area contributed by atoms with Crippen LogP contribution in [-0.2, 0) is 0 Å². The van der Waals surface area contributed by atoms with E-state index in [-0.39, 0.29) is 0 Å². The van der Waals surface area contributed by atoms with Gasteiger partial charge in [-0.05, 0) is 40.4 Å². The summed E-state index contributed by atoms with van der Waals surface area (Å²) in [6.07, 6.45) is 4.01. The lowest BCUT2D eigenvalue weighted by Gasteiger charge is -2.06. The van der Waals surface area contributed by atoms with Gasteiger partial charge in [-0.1, -0.05) is 25.0 Å². The quantitative estimate of drug-likeness (QED) is 0.782. The highest BCUT2D eigenvalue weighted by Crippen LogP contribution is 2.32. The van der Waals surface area contributed by atoms with E-state index >= 15 is 0 Å². The van der Waals surface area contributed by atoms with Crippen LogP contribution in [0.15, 0.2) is 28.7 Å². The summed E-state index contributed by atoms with van der Waals surface area (Å²) in [5, 5.41) is 0. The third kappa shape index (κ3) is 2.73. The van der Waals surface area contributed by atoms with E-state index in [2.05, 4.69) is 15.9 Å². The van der Waals surface area contributed by atoms with E-state index in [4.69, 9.17) is 4.74 Å². The van der Waals surface area contributed by atoms with Gasteiger partial charge in [0.1, 0.15) is 5.75 Å². The van der Waals surface area contributed by atoms with Crippen molar-refractivity contribution < 1.29 is 4.74 Å². The Bertz CT molecular complexity index is 281. The van der Waals surface area contributed by atoms with Crippen molar-refractivity contribution in [2.24, 2.45) is 5.92 Å². The summed E-state index contributed by atoms with van der Waals surface area (Å²) in [5.41, 5.74) is 0. The minimum Gasteiger partial charge on any atom is -0.492 e. The first-order valence-electron chi connectivity index (χ1n) is 4.73. The van der Waals surface area contributed by atoms with E-state index in [1.54, 1.807) is 0 Å². The first-order valence-corrected chi connectivity index (χ1v) is 5.53. The molecule has 13 heavy (non-hydrogen) atoms. The maximum atomic E-state index is 5.64. The molecule has 0 saturated heterocycles. The molecule has 0 amide bonds. The van der Waals surface area contributed by atoms with Gasteiger partial charge >= 0.3 is 0 Å². The van der Waals surface area contributed by atoms with Crippen LogP contribution in [0.3, 0.4) is 0 Å². The highest BCUT2D eigenvalue weighted by Gasteiger charge is 2.20. The molecule has 0 aliphatic heterocycles. The van der Waals surface area contributed by atoms with Crippen molar-refractivity contribution in [3.8, 4) is 5.75 Å². The van der Waals surface area contributed by atoms with Crippen LogP contribution in [-0.4, -0.2) is 6.61 Å². The third-order valence-corrected chi connectivity index (χ3v) is 2.97. The summed E-state index contributed by atoms with van der Waals surface area (Å²) in [6.45, 7) is 0.854. The topological polar surface area (TPSA) is 9.23 Å². The summed E-state index contributed by atoms with van der Waals surface area (Å²) in [6, 6.07) is 8.00. The second-order valence-corrected chi connectivity index (χ2v) is 4.37. The predicted molar refractivity (Wildman–Crippen MR) is 57.0 cm³/mol. The van der Waals surface area contributed by atoms with E-state index in [1.165, 1.54) is 19.3 Å². The van der Waals surface area contributed by atoms with E-state index in [9.17, 15) is 0 Å². The van der Waals surface area contributed by atoms with Crippen molar-refractivity contribution in [3.63, 3.8) is 0 Å². The molecule has 0 aromatic heterocycles. The van der Waals surface area contributed by atoms with Gasteiger partial charge in [0.25, 0.3) is 0 Å². The van der Waals surface area contributed by atoms with Crippen LogP contribution in [0.2, 0.25) is 0 Å². The zero-order valence-electron chi connectivity index (χ0n) is 7.50. The Morgan fingerprint density at radius 1 is 1.31 bits per heavy atom. The second-order valence-electron chi connectivity index (χ2n) is 3.51. The molecule has 0 heterocycles. The van der Waals surface area contributed by atoms with E-state index < -0.39 is 0 Å². The van der Waals surface area contributed by atoms with Gasteiger partial charge in [-0.25, -0.2) is 0 Å². The lowest BCUT2D eigenvalue weighted by molar-refractivity contribution is 0.300. The molecule has 0 radical (unpaired) electrons. The van der Waals surface area contributed by atoms with Crippen LogP contribution in [0.4, 0.5) is 0 Å². The van der Waals surface area contributed by atoms with E-state index in [0.29, 0.717) is 0 Å². The Hall–Kier alpha value is -0.500. The maximum absolute atomic E-state index is 5.64. The van der Waals surface area contributed by atoms with Gasteiger partial charge in [0, 0.05) is 0 Å². The Morgan fingerprint density at radius 2 is 2.08 bits per heavy atom. The molecule has 1 aliphatic carbocycles. The highest BCUT2D eigenvalue weighted by atomic mass is 79.9. The minimum absolute atomic E-state index is 0.854. The Morgan fingerprint density at radius 3 is 2.77 bits per heavy atom. The third-order valence-electron chi connectivity index (χ3n) is 2.32. The number of benzene rings is 1. The molecule has 70 valence electrons. The Kier molecular flexibility index (Phi) is 2.89. The lowest BCUT2D eigenvalue weighted by atomic mass is 10.3. The summed E-state index contributed by atoms with van der Waals surface area (Å²) >= 11 is 3.45. The van der Waals surface area contributed by atoms with Crippen LogP contribution >= 0.6 is 15.9 Å². The summed E-state index contributed by atoms with van der Waals surface area (Å²) in [7, 11) is 0. The molecule has 1 aromatic carbocycles. The molecule has 1 saturated carbocycles. The number of hydrogen-bond acceptors (Lipinski definition) is 1. The Balaban J connectivity index is 1.82. The average Bonchev–Trinajstić information content (AvgIpc) is 2.92. The standard InChI is InChI=1S/C11H13BrO/c12-10-3-1-2-4-11(10)13-8-7-9-5-6-9/h1-4,9H,5-8H2. The number of halogens is 1.